The molecule has 2 amide bonds. The van der Waals surface area contributed by atoms with Crippen molar-refractivity contribution in [3.05, 3.63) is 41.4 Å². The number of esters is 1. The lowest BCUT2D eigenvalue weighted by atomic mass is 10.1. The fourth-order valence-corrected chi connectivity index (χ4v) is 3.40. The van der Waals surface area contributed by atoms with Crippen molar-refractivity contribution in [1.29, 1.82) is 0 Å². The lowest BCUT2D eigenvalue weighted by Crippen LogP contribution is -2.46. The minimum Gasteiger partial charge on any atom is -0.480 e. The largest absolute Gasteiger partial charge is 0.480 e. The number of imide groups is 1. The van der Waals surface area contributed by atoms with Gasteiger partial charge in [0.2, 0.25) is 0 Å². The second-order valence-corrected chi connectivity index (χ2v) is 8.07. The Labute approximate surface area is 173 Å². The molecule has 8 heteroatoms. The third-order valence-electron chi connectivity index (χ3n) is 4.43. The number of methoxy groups -OCH3 is 1. The molecule has 3 rings (SSSR count). The van der Waals surface area contributed by atoms with Crippen molar-refractivity contribution in [1.82, 2.24) is 4.90 Å². The maximum Gasteiger partial charge on any atom is 0.417 e. The molecule has 29 heavy (non-hydrogen) atoms. The number of carbonyl (C=O) groups excluding carboxylic acids is 3. The number of nitrogens with zero attached hydrogens (tertiary/aromatic N) is 1. The summed E-state index contributed by atoms with van der Waals surface area (Å²) >= 11 is 6.23. The standard InChI is InChI=1S/C21H22ClNO6/c1-21(2,3)29-20(26)23-15(19(25)27-4)11-17(18(23)24)28-16-10-9-14(22)12-7-5-6-8-13(12)16/h5-10,15,17H,11H2,1-4H3/t15-,17+/m0/s1. The number of likely N-dealkylation sites (tertiary alicyclic amines) is 1. The number of fused-ring (bicyclic) bond motifs is 1. The van der Waals surface area contributed by atoms with Crippen LogP contribution >= 0.6 is 11.6 Å². The zero-order valence-electron chi connectivity index (χ0n) is 16.6. The summed E-state index contributed by atoms with van der Waals surface area (Å²) in [6.45, 7) is 5.02. The molecule has 0 saturated carbocycles. The highest BCUT2D eigenvalue weighted by Gasteiger charge is 2.50. The van der Waals surface area contributed by atoms with E-state index in [1.165, 1.54) is 7.11 Å². The van der Waals surface area contributed by atoms with E-state index in [-0.39, 0.29) is 6.42 Å². The second-order valence-electron chi connectivity index (χ2n) is 7.66. The van der Waals surface area contributed by atoms with Crippen LogP contribution in [0.25, 0.3) is 10.8 Å². The first kappa shape index (κ1) is 20.9. The molecule has 1 aliphatic rings. The Balaban J connectivity index is 1.91. The number of amides is 2. The topological polar surface area (TPSA) is 82.1 Å². The predicted octanol–water partition coefficient (Wildman–Crippen LogP) is 3.95. The van der Waals surface area contributed by atoms with E-state index in [9.17, 15) is 14.4 Å². The van der Waals surface area contributed by atoms with Gasteiger partial charge in [0.05, 0.1) is 7.11 Å². The Morgan fingerprint density at radius 3 is 2.38 bits per heavy atom. The van der Waals surface area contributed by atoms with Gasteiger partial charge in [0.25, 0.3) is 5.91 Å². The molecule has 0 unspecified atom stereocenters. The van der Waals surface area contributed by atoms with E-state index in [2.05, 4.69) is 0 Å². The Morgan fingerprint density at radius 1 is 1.10 bits per heavy atom. The van der Waals surface area contributed by atoms with Gasteiger partial charge in [-0.25, -0.2) is 14.5 Å². The molecule has 2 aromatic rings. The Hall–Kier alpha value is -2.80. The Bertz CT molecular complexity index is 967. The summed E-state index contributed by atoms with van der Waals surface area (Å²) in [4.78, 5) is 38.5. The fraction of sp³-hybridized carbons (Fsp3) is 0.381. The molecule has 7 nitrogen and oxygen atoms in total. The van der Waals surface area contributed by atoms with Crippen molar-refractivity contribution >= 4 is 40.3 Å². The number of hydrogen-bond acceptors (Lipinski definition) is 6. The van der Waals surface area contributed by atoms with Crippen LogP contribution < -0.4 is 4.74 Å². The zero-order chi connectivity index (χ0) is 21.3. The molecule has 154 valence electrons. The maximum atomic E-state index is 12.9. The minimum atomic E-state index is -1.12. The first-order chi connectivity index (χ1) is 13.6. The van der Waals surface area contributed by atoms with Gasteiger partial charge in [-0.15, -0.1) is 0 Å². The fourth-order valence-electron chi connectivity index (χ4n) is 3.17. The highest BCUT2D eigenvalue weighted by Crippen LogP contribution is 2.34. The van der Waals surface area contributed by atoms with Crippen molar-refractivity contribution in [2.24, 2.45) is 0 Å². The molecule has 0 bridgehead atoms. The molecule has 1 aliphatic heterocycles. The summed E-state index contributed by atoms with van der Waals surface area (Å²) < 4.78 is 16.0. The highest BCUT2D eigenvalue weighted by atomic mass is 35.5. The molecule has 1 heterocycles. The highest BCUT2D eigenvalue weighted by molar-refractivity contribution is 6.35. The van der Waals surface area contributed by atoms with Gasteiger partial charge in [-0.3, -0.25) is 4.79 Å². The zero-order valence-corrected chi connectivity index (χ0v) is 17.4. The van der Waals surface area contributed by atoms with Crippen LogP contribution in [-0.4, -0.2) is 47.7 Å². The third kappa shape index (κ3) is 4.29. The third-order valence-corrected chi connectivity index (χ3v) is 4.76. The summed E-state index contributed by atoms with van der Waals surface area (Å²) in [6.07, 6.45) is -2.00. The van der Waals surface area contributed by atoms with Crippen molar-refractivity contribution in [3.8, 4) is 5.75 Å². The first-order valence-electron chi connectivity index (χ1n) is 9.10. The summed E-state index contributed by atoms with van der Waals surface area (Å²) in [6, 6.07) is 9.53. The molecule has 0 aliphatic carbocycles. The van der Waals surface area contributed by atoms with Gasteiger partial charge in [-0.2, -0.15) is 0 Å². The molecular weight excluding hydrogens is 398 g/mol. The molecule has 0 aromatic heterocycles. The molecular formula is C21H22ClNO6. The van der Waals surface area contributed by atoms with Crippen LogP contribution in [0.3, 0.4) is 0 Å². The van der Waals surface area contributed by atoms with Crippen molar-refractivity contribution in [3.63, 3.8) is 0 Å². The van der Waals surface area contributed by atoms with Crippen LogP contribution in [-0.2, 0) is 19.1 Å². The molecule has 0 radical (unpaired) electrons. The number of rotatable bonds is 3. The Morgan fingerprint density at radius 2 is 1.76 bits per heavy atom. The average molecular weight is 420 g/mol. The number of carbonyl (C=O) groups is 3. The van der Waals surface area contributed by atoms with Crippen LogP contribution in [0.15, 0.2) is 36.4 Å². The van der Waals surface area contributed by atoms with E-state index in [1.54, 1.807) is 32.9 Å². The molecule has 2 aromatic carbocycles. The maximum absolute atomic E-state index is 12.9. The van der Waals surface area contributed by atoms with Gasteiger partial charge in [0.1, 0.15) is 17.4 Å². The van der Waals surface area contributed by atoms with Crippen LogP contribution in [0.2, 0.25) is 5.02 Å². The van der Waals surface area contributed by atoms with Crippen LogP contribution in [0.4, 0.5) is 4.79 Å². The number of ether oxygens (including phenoxy) is 3. The van der Waals surface area contributed by atoms with Crippen molar-refractivity contribution in [2.75, 3.05) is 7.11 Å². The lowest BCUT2D eigenvalue weighted by Gasteiger charge is -2.26. The summed E-state index contributed by atoms with van der Waals surface area (Å²) in [5.74, 6) is -0.942. The number of hydrogen-bond donors (Lipinski definition) is 0. The van der Waals surface area contributed by atoms with Crippen LogP contribution in [0.5, 0.6) is 5.75 Å². The normalized spacial score (nSPS) is 19.3. The Kier molecular flexibility index (Phi) is 5.71. The van der Waals surface area contributed by atoms with Gasteiger partial charge >= 0.3 is 12.1 Å². The number of benzene rings is 2. The van der Waals surface area contributed by atoms with Gasteiger partial charge in [0.15, 0.2) is 6.10 Å². The smallest absolute Gasteiger partial charge is 0.417 e. The summed E-state index contributed by atoms with van der Waals surface area (Å²) in [7, 11) is 1.20. The van der Waals surface area contributed by atoms with E-state index in [0.29, 0.717) is 10.8 Å². The van der Waals surface area contributed by atoms with E-state index < -0.39 is 35.7 Å². The van der Waals surface area contributed by atoms with Crippen molar-refractivity contribution in [2.45, 2.75) is 44.9 Å². The van der Waals surface area contributed by atoms with Gasteiger partial charge < -0.3 is 14.2 Å². The van der Waals surface area contributed by atoms with Crippen LogP contribution in [0, 0.1) is 0 Å². The lowest BCUT2D eigenvalue weighted by molar-refractivity contribution is -0.149. The average Bonchev–Trinajstić information content (AvgIpc) is 2.98. The SMILES string of the molecule is COC(=O)[C@@H]1C[C@@H](Oc2ccc(Cl)c3ccccc23)C(=O)N1C(=O)OC(C)(C)C. The van der Waals surface area contributed by atoms with Gasteiger partial charge in [0, 0.05) is 22.2 Å². The van der Waals surface area contributed by atoms with Gasteiger partial charge in [-0.05, 0) is 32.9 Å². The van der Waals surface area contributed by atoms with E-state index >= 15 is 0 Å². The summed E-state index contributed by atoms with van der Waals surface area (Å²) in [5, 5.41) is 2.04. The number of halogens is 1. The molecule has 1 saturated heterocycles. The minimum absolute atomic E-state index is 0.0400. The summed E-state index contributed by atoms with van der Waals surface area (Å²) in [5.41, 5.74) is -0.830. The molecule has 2 atom stereocenters. The second kappa shape index (κ2) is 7.91. The molecule has 0 N–H and O–H groups in total. The van der Waals surface area contributed by atoms with E-state index in [0.717, 1.165) is 15.7 Å². The quantitative estimate of drug-likeness (QED) is 0.700. The van der Waals surface area contributed by atoms with E-state index in [4.69, 9.17) is 25.8 Å². The van der Waals surface area contributed by atoms with Gasteiger partial charge in [-0.1, -0.05) is 35.9 Å². The molecule has 1 fully saturated rings. The molecule has 0 spiro atoms. The van der Waals surface area contributed by atoms with E-state index in [1.807, 2.05) is 24.3 Å². The van der Waals surface area contributed by atoms with Crippen LogP contribution in [0.1, 0.15) is 27.2 Å². The van der Waals surface area contributed by atoms with Crippen molar-refractivity contribution < 1.29 is 28.6 Å². The monoisotopic (exact) mass is 419 g/mol. The predicted molar refractivity (Wildman–Crippen MR) is 107 cm³/mol. The first-order valence-corrected chi connectivity index (χ1v) is 9.48.